The van der Waals surface area contributed by atoms with E-state index in [4.69, 9.17) is 16.0 Å². The molecule has 0 saturated carbocycles. The first-order valence-corrected chi connectivity index (χ1v) is 6.66. The minimum atomic E-state index is -4.64. The molecule has 0 aromatic carbocycles. The Morgan fingerprint density at radius 1 is 1.39 bits per heavy atom. The van der Waals surface area contributed by atoms with Crippen LogP contribution >= 0.6 is 11.6 Å². The van der Waals surface area contributed by atoms with E-state index in [0.29, 0.717) is 12.3 Å². The van der Waals surface area contributed by atoms with Crippen molar-refractivity contribution in [2.75, 3.05) is 7.11 Å². The molecule has 124 valence electrons. The number of carbonyl (C=O) groups is 1. The van der Waals surface area contributed by atoms with Gasteiger partial charge in [-0.05, 0) is 19.1 Å². The van der Waals surface area contributed by atoms with Crippen molar-refractivity contribution in [3.8, 4) is 0 Å². The van der Waals surface area contributed by atoms with Crippen molar-refractivity contribution < 1.29 is 27.1 Å². The number of halogens is 4. The van der Waals surface area contributed by atoms with Gasteiger partial charge in [0.2, 0.25) is 0 Å². The number of nitrogens with zero attached hydrogens (tertiary/aromatic N) is 1. The first-order chi connectivity index (χ1) is 10.6. The lowest BCUT2D eigenvalue weighted by atomic mass is 10.2. The number of hydrogen-bond donors (Lipinski definition) is 0. The van der Waals surface area contributed by atoms with Gasteiger partial charge in [-0.1, -0.05) is 11.6 Å². The van der Waals surface area contributed by atoms with E-state index in [1.54, 1.807) is 0 Å². The highest BCUT2D eigenvalue weighted by atomic mass is 35.5. The van der Waals surface area contributed by atoms with Crippen LogP contribution in [0, 0.1) is 6.92 Å². The van der Waals surface area contributed by atoms with Gasteiger partial charge in [0.15, 0.2) is 0 Å². The van der Waals surface area contributed by atoms with Crippen molar-refractivity contribution in [3.63, 3.8) is 0 Å². The Hall–Kier alpha value is -2.22. The van der Waals surface area contributed by atoms with E-state index < -0.39 is 28.3 Å². The molecule has 0 fully saturated rings. The van der Waals surface area contributed by atoms with Crippen LogP contribution in [0.3, 0.4) is 0 Å². The second-order valence-electron chi connectivity index (χ2n) is 4.68. The first kappa shape index (κ1) is 17.1. The van der Waals surface area contributed by atoms with Gasteiger partial charge in [-0.3, -0.25) is 4.79 Å². The van der Waals surface area contributed by atoms with Crippen molar-refractivity contribution in [1.82, 2.24) is 4.57 Å². The minimum Gasteiger partial charge on any atom is -0.465 e. The molecule has 5 nitrogen and oxygen atoms in total. The number of aryl methyl sites for hydroxylation is 1. The molecule has 0 unspecified atom stereocenters. The summed E-state index contributed by atoms with van der Waals surface area (Å²) in [6.07, 6.45) is -4.00. The Balaban J connectivity index is 2.43. The molecule has 0 aliphatic heterocycles. The lowest BCUT2D eigenvalue weighted by molar-refractivity contribution is -0.138. The summed E-state index contributed by atoms with van der Waals surface area (Å²) < 4.78 is 48.9. The van der Waals surface area contributed by atoms with Crippen LogP contribution < -0.4 is 5.56 Å². The number of ether oxygens (including phenoxy) is 1. The fraction of sp³-hybridized carbons (Fsp3) is 0.286. The largest absolute Gasteiger partial charge is 0.465 e. The number of furan rings is 1. The van der Waals surface area contributed by atoms with E-state index in [1.807, 2.05) is 0 Å². The maximum Gasteiger partial charge on any atom is 0.417 e. The molecule has 0 N–H and O–H groups in total. The Morgan fingerprint density at radius 2 is 2.04 bits per heavy atom. The van der Waals surface area contributed by atoms with Crippen molar-refractivity contribution >= 4 is 17.6 Å². The predicted octanol–water partition coefficient (Wildman–Crippen LogP) is 3.26. The van der Waals surface area contributed by atoms with E-state index in [-0.39, 0.29) is 23.6 Å². The van der Waals surface area contributed by atoms with E-state index in [2.05, 4.69) is 4.74 Å². The first-order valence-electron chi connectivity index (χ1n) is 6.28. The fourth-order valence-corrected chi connectivity index (χ4v) is 2.20. The highest BCUT2D eigenvalue weighted by Gasteiger charge is 2.32. The molecule has 0 aliphatic carbocycles. The summed E-state index contributed by atoms with van der Waals surface area (Å²) in [5.74, 6) is -0.287. The third-order valence-corrected chi connectivity index (χ3v) is 3.34. The van der Waals surface area contributed by atoms with Crippen LogP contribution in [-0.4, -0.2) is 17.6 Å². The van der Waals surface area contributed by atoms with Crippen LogP contribution in [0.2, 0.25) is 5.02 Å². The molecular weight excluding hydrogens is 339 g/mol. The van der Waals surface area contributed by atoms with Gasteiger partial charge in [-0.2, -0.15) is 13.2 Å². The van der Waals surface area contributed by atoms with E-state index in [9.17, 15) is 22.8 Å². The predicted molar refractivity (Wildman–Crippen MR) is 74.6 cm³/mol. The van der Waals surface area contributed by atoms with Gasteiger partial charge in [-0.25, -0.2) is 4.79 Å². The minimum absolute atomic E-state index is 0.125. The molecule has 0 radical (unpaired) electrons. The van der Waals surface area contributed by atoms with Gasteiger partial charge in [0.25, 0.3) is 5.56 Å². The summed E-state index contributed by atoms with van der Waals surface area (Å²) in [5, 5.41) is -0.559. The maximum atomic E-state index is 12.8. The molecular formula is C14H11ClF3NO4. The quantitative estimate of drug-likeness (QED) is 0.798. The summed E-state index contributed by atoms with van der Waals surface area (Å²) in [5.41, 5.74) is -1.72. The van der Waals surface area contributed by atoms with Gasteiger partial charge >= 0.3 is 12.1 Å². The third-order valence-electron chi connectivity index (χ3n) is 3.07. The zero-order valence-electron chi connectivity index (χ0n) is 12.0. The number of carbonyl (C=O) groups excluding carboxylic acids is 1. The van der Waals surface area contributed by atoms with E-state index in [1.165, 1.54) is 20.1 Å². The number of aromatic nitrogens is 1. The van der Waals surface area contributed by atoms with Gasteiger partial charge in [0.1, 0.15) is 22.1 Å². The second kappa shape index (κ2) is 6.11. The molecule has 0 bridgehead atoms. The molecule has 23 heavy (non-hydrogen) atoms. The Bertz CT molecular complexity index is 807. The summed E-state index contributed by atoms with van der Waals surface area (Å²) >= 11 is 5.56. The topological polar surface area (TPSA) is 61.4 Å². The molecule has 2 heterocycles. The maximum absolute atomic E-state index is 12.8. The van der Waals surface area contributed by atoms with Crippen molar-refractivity contribution in [1.29, 1.82) is 0 Å². The van der Waals surface area contributed by atoms with Crippen LogP contribution in [0.5, 0.6) is 0 Å². The van der Waals surface area contributed by atoms with Crippen molar-refractivity contribution in [3.05, 3.63) is 56.4 Å². The number of esters is 1. The number of pyridine rings is 1. The lowest BCUT2D eigenvalue weighted by Crippen LogP contribution is -2.23. The third kappa shape index (κ3) is 3.58. The SMILES string of the molecule is COC(=O)c1cc(Cn2cc(C(F)(F)F)cc(Cl)c2=O)oc1C. The summed E-state index contributed by atoms with van der Waals surface area (Å²) in [7, 11) is 1.19. The van der Waals surface area contributed by atoms with Crippen LogP contribution in [0.25, 0.3) is 0 Å². The number of rotatable bonds is 3. The molecule has 2 rings (SSSR count). The Morgan fingerprint density at radius 3 is 2.61 bits per heavy atom. The molecule has 2 aromatic rings. The Kier molecular flexibility index (Phi) is 4.56. The molecule has 0 amide bonds. The number of methoxy groups -OCH3 is 1. The molecule has 9 heteroatoms. The molecule has 0 atom stereocenters. The monoisotopic (exact) mass is 349 g/mol. The smallest absolute Gasteiger partial charge is 0.417 e. The summed E-state index contributed by atoms with van der Waals surface area (Å²) in [6, 6.07) is 1.87. The zero-order valence-corrected chi connectivity index (χ0v) is 12.8. The number of hydrogen-bond acceptors (Lipinski definition) is 4. The van der Waals surface area contributed by atoms with Crippen molar-refractivity contribution in [2.24, 2.45) is 0 Å². The molecule has 0 saturated heterocycles. The lowest BCUT2D eigenvalue weighted by Gasteiger charge is -2.10. The highest BCUT2D eigenvalue weighted by Crippen LogP contribution is 2.29. The van der Waals surface area contributed by atoms with Crippen LogP contribution in [-0.2, 0) is 17.5 Å². The zero-order chi connectivity index (χ0) is 17.4. The van der Waals surface area contributed by atoms with Crippen LogP contribution in [0.1, 0.15) is 27.4 Å². The molecule has 2 aromatic heterocycles. The average molecular weight is 350 g/mol. The number of alkyl halides is 3. The van der Waals surface area contributed by atoms with Gasteiger partial charge in [-0.15, -0.1) is 0 Å². The normalized spacial score (nSPS) is 11.6. The van der Waals surface area contributed by atoms with Gasteiger partial charge in [0, 0.05) is 6.20 Å². The average Bonchev–Trinajstić information content (AvgIpc) is 2.82. The summed E-state index contributed by atoms with van der Waals surface area (Å²) in [4.78, 5) is 23.4. The second-order valence-corrected chi connectivity index (χ2v) is 5.09. The fourth-order valence-electron chi connectivity index (χ4n) is 1.97. The molecule has 0 spiro atoms. The van der Waals surface area contributed by atoms with Crippen molar-refractivity contribution in [2.45, 2.75) is 19.6 Å². The van der Waals surface area contributed by atoms with E-state index >= 15 is 0 Å². The standard InChI is InChI=1S/C14H11ClF3NO4/c1-7-10(13(21)22-2)4-9(23-7)6-19-5-8(14(16,17)18)3-11(15)12(19)20/h3-5H,6H2,1-2H3. The van der Waals surface area contributed by atoms with Crippen LogP contribution in [0.15, 0.2) is 27.5 Å². The van der Waals surface area contributed by atoms with Gasteiger partial charge < -0.3 is 13.7 Å². The summed E-state index contributed by atoms with van der Waals surface area (Å²) in [6.45, 7) is 1.19. The van der Waals surface area contributed by atoms with E-state index in [0.717, 1.165) is 4.57 Å². The Labute approximate surface area is 133 Å². The highest BCUT2D eigenvalue weighted by molar-refractivity contribution is 6.30. The van der Waals surface area contributed by atoms with Crippen LogP contribution in [0.4, 0.5) is 13.2 Å². The molecule has 0 aliphatic rings. The van der Waals surface area contributed by atoms with Gasteiger partial charge in [0.05, 0.1) is 19.2 Å².